The quantitative estimate of drug-likeness (QED) is 0.606. The molecule has 4 nitrogen and oxygen atoms in total. The Bertz CT molecular complexity index is 415. The number of sulfonamides is 1. The number of hydrogen-bond acceptors (Lipinski definition) is 3. The minimum absolute atomic E-state index is 0.108. The monoisotopic (exact) mass is 249 g/mol. The molecule has 0 aromatic heterocycles. The predicted octanol–water partition coefficient (Wildman–Crippen LogP) is 2.09. The van der Waals surface area contributed by atoms with Gasteiger partial charge < -0.3 is 0 Å². The van der Waals surface area contributed by atoms with Crippen molar-refractivity contribution in [3.8, 4) is 0 Å². The third-order valence-corrected chi connectivity index (χ3v) is 3.73. The summed E-state index contributed by atoms with van der Waals surface area (Å²) in [4.78, 5) is 4.81. The van der Waals surface area contributed by atoms with Crippen molar-refractivity contribution in [2.45, 2.75) is 18.7 Å². The highest BCUT2D eigenvalue weighted by atomic mass is 35.5. The van der Waals surface area contributed by atoms with Gasteiger partial charge in [0.2, 0.25) is 0 Å². The minimum atomic E-state index is -3.74. The van der Waals surface area contributed by atoms with E-state index in [1.807, 2.05) is 6.92 Å². The molecule has 0 aliphatic rings. The molecule has 0 spiro atoms. The molecule has 6 heteroatoms. The Morgan fingerprint density at radius 1 is 1.33 bits per heavy atom. The fraction of sp³-hybridized carbons (Fsp3) is 0.333. The summed E-state index contributed by atoms with van der Waals surface area (Å²) in [6.07, 6.45) is 0. The van der Waals surface area contributed by atoms with Crippen molar-refractivity contribution >= 4 is 21.8 Å². The molecule has 0 unspecified atom stereocenters. The number of hydrogen-bond donors (Lipinski definition) is 0. The maximum atomic E-state index is 11.7. The second-order valence-corrected chi connectivity index (χ2v) is 5.18. The van der Waals surface area contributed by atoms with Crippen molar-refractivity contribution in [2.24, 2.45) is 0 Å². The molecule has 0 bridgehead atoms. The predicted molar refractivity (Wildman–Crippen MR) is 57.7 cm³/mol. The first-order chi connectivity index (χ1) is 6.98. The number of aryl methyl sites for hydroxylation is 1. The molecule has 1 aromatic carbocycles. The first-order valence-electron chi connectivity index (χ1n) is 4.39. The molecule has 0 N–H and O–H groups in total. The highest BCUT2D eigenvalue weighted by molar-refractivity contribution is 7.89. The number of halogens is 1. The van der Waals surface area contributed by atoms with E-state index >= 15 is 0 Å². The Balaban J connectivity index is 3.01. The summed E-state index contributed by atoms with van der Waals surface area (Å²) >= 11 is 5.47. The second kappa shape index (κ2) is 4.94. The zero-order valence-corrected chi connectivity index (χ0v) is 10.0. The highest BCUT2D eigenvalue weighted by Crippen LogP contribution is 2.18. The summed E-state index contributed by atoms with van der Waals surface area (Å²) in [5, 5.41) is 0. The van der Waals surface area contributed by atoms with E-state index in [-0.39, 0.29) is 11.5 Å². The standard InChI is InChI=1S/C9H12ClNO3S/c1-3-14-11(10)15(12,13)9-6-4-8(2)5-7-9/h4-7H,3H2,1-2H3. The van der Waals surface area contributed by atoms with Crippen LogP contribution in [-0.2, 0) is 14.9 Å². The summed E-state index contributed by atoms with van der Waals surface area (Å²) in [6, 6.07) is 6.37. The summed E-state index contributed by atoms with van der Waals surface area (Å²) in [6.45, 7) is 3.71. The van der Waals surface area contributed by atoms with Crippen LogP contribution in [0.2, 0.25) is 0 Å². The Morgan fingerprint density at radius 3 is 2.33 bits per heavy atom. The van der Waals surface area contributed by atoms with Gasteiger partial charge in [0.05, 0.1) is 11.5 Å². The lowest BCUT2D eigenvalue weighted by Gasteiger charge is -2.12. The van der Waals surface area contributed by atoms with E-state index in [2.05, 4.69) is 0 Å². The molecule has 0 saturated heterocycles. The molecule has 0 heterocycles. The number of rotatable bonds is 4. The maximum absolute atomic E-state index is 11.7. The summed E-state index contributed by atoms with van der Waals surface area (Å²) < 4.78 is 23.8. The molecule has 0 fully saturated rings. The van der Waals surface area contributed by atoms with Crippen molar-refractivity contribution in [2.75, 3.05) is 6.61 Å². The largest absolute Gasteiger partial charge is 0.279 e. The summed E-state index contributed by atoms with van der Waals surface area (Å²) in [5.41, 5.74) is 0.978. The average molecular weight is 250 g/mol. The topological polar surface area (TPSA) is 46.6 Å². The van der Waals surface area contributed by atoms with Crippen molar-refractivity contribution in [1.29, 1.82) is 0 Å². The maximum Gasteiger partial charge on any atom is 0.279 e. The van der Waals surface area contributed by atoms with Gasteiger partial charge in [-0.25, -0.2) is 8.42 Å². The highest BCUT2D eigenvalue weighted by Gasteiger charge is 2.23. The molecule has 0 saturated carbocycles. The van der Waals surface area contributed by atoms with Crippen LogP contribution in [0, 0.1) is 6.92 Å². The van der Waals surface area contributed by atoms with Crippen LogP contribution in [0.3, 0.4) is 0 Å². The van der Waals surface area contributed by atoms with Gasteiger partial charge >= 0.3 is 0 Å². The molecule has 1 aromatic rings. The fourth-order valence-electron chi connectivity index (χ4n) is 0.964. The third kappa shape index (κ3) is 2.92. The Morgan fingerprint density at radius 2 is 1.87 bits per heavy atom. The van der Waals surface area contributed by atoms with E-state index in [1.54, 1.807) is 19.1 Å². The average Bonchev–Trinajstić information content (AvgIpc) is 2.18. The van der Waals surface area contributed by atoms with E-state index in [1.165, 1.54) is 12.1 Å². The van der Waals surface area contributed by atoms with Crippen LogP contribution < -0.4 is 0 Å². The molecule has 0 radical (unpaired) electrons. The van der Waals surface area contributed by atoms with Crippen LogP contribution in [0.4, 0.5) is 0 Å². The van der Waals surface area contributed by atoms with Crippen LogP contribution in [0.15, 0.2) is 29.2 Å². The lowest BCUT2D eigenvalue weighted by atomic mass is 10.2. The summed E-state index contributed by atoms with van der Waals surface area (Å²) in [5.74, 6) is 0. The number of benzene rings is 1. The van der Waals surface area contributed by atoms with Gasteiger partial charge in [-0.3, -0.25) is 4.84 Å². The zero-order valence-electron chi connectivity index (χ0n) is 8.47. The van der Waals surface area contributed by atoms with E-state index in [4.69, 9.17) is 16.6 Å². The first-order valence-corrected chi connectivity index (χ1v) is 6.17. The third-order valence-electron chi connectivity index (χ3n) is 1.74. The van der Waals surface area contributed by atoms with Gasteiger partial charge in [-0.15, -0.1) is 0 Å². The van der Waals surface area contributed by atoms with Gasteiger partial charge in [-0.05, 0) is 26.0 Å². The van der Waals surface area contributed by atoms with Crippen LogP contribution in [0.25, 0.3) is 0 Å². The molecule has 0 amide bonds. The van der Waals surface area contributed by atoms with Crippen LogP contribution in [0.5, 0.6) is 0 Å². The Hall–Kier alpha value is -0.620. The molecular weight excluding hydrogens is 238 g/mol. The van der Waals surface area contributed by atoms with Crippen LogP contribution >= 0.6 is 11.8 Å². The van der Waals surface area contributed by atoms with Gasteiger partial charge in [0.1, 0.15) is 0 Å². The zero-order chi connectivity index (χ0) is 11.5. The fourth-order valence-corrected chi connectivity index (χ4v) is 2.19. The molecule has 0 aliphatic carbocycles. The first kappa shape index (κ1) is 12.4. The minimum Gasteiger partial charge on any atom is -0.270 e. The summed E-state index contributed by atoms with van der Waals surface area (Å²) in [7, 11) is -3.74. The van der Waals surface area contributed by atoms with Crippen molar-refractivity contribution in [1.82, 2.24) is 3.99 Å². The molecular formula is C9H12ClNO3S. The van der Waals surface area contributed by atoms with Gasteiger partial charge in [0, 0.05) is 15.8 Å². The molecule has 1 rings (SSSR count). The van der Waals surface area contributed by atoms with E-state index in [0.29, 0.717) is 3.99 Å². The second-order valence-electron chi connectivity index (χ2n) is 2.92. The Kier molecular flexibility index (Phi) is 4.10. The van der Waals surface area contributed by atoms with Crippen LogP contribution in [0.1, 0.15) is 12.5 Å². The molecule has 84 valence electrons. The Labute approximate surface area is 94.5 Å². The van der Waals surface area contributed by atoms with Crippen molar-refractivity contribution in [3.63, 3.8) is 0 Å². The normalized spacial score (nSPS) is 12.0. The SMILES string of the molecule is CCON(Cl)S(=O)(=O)c1ccc(C)cc1. The van der Waals surface area contributed by atoms with E-state index in [9.17, 15) is 8.42 Å². The van der Waals surface area contributed by atoms with E-state index in [0.717, 1.165) is 5.56 Å². The molecule has 0 atom stereocenters. The van der Waals surface area contributed by atoms with Crippen molar-refractivity contribution < 1.29 is 13.3 Å². The van der Waals surface area contributed by atoms with Crippen molar-refractivity contribution in [3.05, 3.63) is 29.8 Å². The van der Waals surface area contributed by atoms with Gasteiger partial charge in [0.25, 0.3) is 10.0 Å². The van der Waals surface area contributed by atoms with E-state index < -0.39 is 10.0 Å². The van der Waals surface area contributed by atoms with Gasteiger partial charge in [-0.2, -0.15) is 0 Å². The number of nitrogens with zero attached hydrogens (tertiary/aromatic N) is 1. The molecule has 0 aliphatic heterocycles. The van der Waals surface area contributed by atoms with Gasteiger partial charge in [0.15, 0.2) is 0 Å². The smallest absolute Gasteiger partial charge is 0.270 e. The molecule has 15 heavy (non-hydrogen) atoms. The lowest BCUT2D eigenvalue weighted by Crippen LogP contribution is -2.22. The van der Waals surface area contributed by atoms with Crippen LogP contribution in [-0.4, -0.2) is 19.0 Å². The van der Waals surface area contributed by atoms with Gasteiger partial charge in [-0.1, -0.05) is 17.7 Å². The lowest BCUT2D eigenvalue weighted by molar-refractivity contribution is -0.00571.